The molecule has 108 valence electrons. The van der Waals surface area contributed by atoms with Crippen LogP contribution < -0.4 is 5.32 Å². The third-order valence-corrected chi connectivity index (χ3v) is 4.18. The van der Waals surface area contributed by atoms with Crippen molar-refractivity contribution in [2.45, 2.75) is 44.2 Å². The number of nitrogens with one attached hydrogen (secondary N) is 1. The summed E-state index contributed by atoms with van der Waals surface area (Å²) in [5.74, 6) is 0.460. The van der Waals surface area contributed by atoms with Crippen LogP contribution in [0.5, 0.6) is 5.75 Å². The lowest BCUT2D eigenvalue weighted by molar-refractivity contribution is -0.131. The topological polar surface area (TPSA) is 52.6 Å². The Kier molecular flexibility index (Phi) is 3.92. The van der Waals surface area contributed by atoms with Gasteiger partial charge in [0.15, 0.2) is 0 Å². The summed E-state index contributed by atoms with van der Waals surface area (Å²) >= 11 is 0. The fourth-order valence-electron chi connectivity index (χ4n) is 2.88. The molecule has 2 N–H and O–H groups in total. The van der Waals surface area contributed by atoms with Crippen LogP contribution in [-0.4, -0.2) is 41.1 Å². The molecular formula is C16H22N2O2. The first-order chi connectivity index (χ1) is 9.72. The van der Waals surface area contributed by atoms with Crippen LogP contribution in [0.3, 0.4) is 0 Å². The zero-order valence-corrected chi connectivity index (χ0v) is 11.7. The molecule has 1 atom stereocenters. The second-order valence-corrected chi connectivity index (χ2v) is 5.91. The summed E-state index contributed by atoms with van der Waals surface area (Å²) in [5, 5.41) is 12.8. The van der Waals surface area contributed by atoms with Crippen molar-refractivity contribution in [1.82, 2.24) is 10.2 Å². The lowest BCUT2D eigenvalue weighted by atomic mass is 10.1. The van der Waals surface area contributed by atoms with Crippen LogP contribution in [0.2, 0.25) is 0 Å². The van der Waals surface area contributed by atoms with Crippen molar-refractivity contribution in [3.8, 4) is 5.75 Å². The summed E-state index contributed by atoms with van der Waals surface area (Å²) in [6.45, 7) is 1.93. The summed E-state index contributed by atoms with van der Waals surface area (Å²) in [4.78, 5) is 14.6. The highest BCUT2D eigenvalue weighted by molar-refractivity contribution is 5.79. The van der Waals surface area contributed by atoms with Crippen molar-refractivity contribution in [3.63, 3.8) is 0 Å². The SMILES string of the molecule is O=C(Cc1ccc(O)cc1)N(CC1CCCN1)C1CC1. The minimum absolute atomic E-state index is 0.215. The van der Waals surface area contributed by atoms with E-state index in [1.54, 1.807) is 12.1 Å². The van der Waals surface area contributed by atoms with E-state index in [0.29, 0.717) is 18.5 Å². The number of aromatic hydroxyl groups is 1. The average molecular weight is 274 g/mol. The number of rotatable bonds is 5. The fourth-order valence-corrected chi connectivity index (χ4v) is 2.88. The standard InChI is InChI=1S/C16H22N2O2/c19-15-7-3-12(4-8-15)10-16(20)18(14-5-6-14)11-13-2-1-9-17-13/h3-4,7-8,13-14,17,19H,1-2,5-6,9-11H2. The number of phenolic OH excluding ortho intramolecular Hbond substituents is 1. The Morgan fingerprint density at radius 3 is 2.60 bits per heavy atom. The molecule has 3 rings (SSSR count). The smallest absolute Gasteiger partial charge is 0.227 e. The van der Waals surface area contributed by atoms with E-state index in [1.165, 1.54) is 12.8 Å². The lowest BCUT2D eigenvalue weighted by Gasteiger charge is -2.26. The van der Waals surface area contributed by atoms with Crippen LogP contribution in [0, 0.1) is 0 Å². The molecule has 1 saturated heterocycles. The summed E-state index contributed by atoms with van der Waals surface area (Å²) in [6, 6.07) is 7.87. The van der Waals surface area contributed by atoms with Gasteiger partial charge in [0, 0.05) is 18.6 Å². The molecule has 2 aliphatic rings. The van der Waals surface area contributed by atoms with E-state index in [4.69, 9.17) is 0 Å². The highest BCUT2D eigenvalue weighted by atomic mass is 16.3. The minimum Gasteiger partial charge on any atom is -0.508 e. The van der Waals surface area contributed by atoms with Crippen LogP contribution in [0.25, 0.3) is 0 Å². The third-order valence-electron chi connectivity index (χ3n) is 4.18. The highest BCUT2D eigenvalue weighted by Crippen LogP contribution is 2.28. The van der Waals surface area contributed by atoms with E-state index >= 15 is 0 Å². The second-order valence-electron chi connectivity index (χ2n) is 5.91. The van der Waals surface area contributed by atoms with E-state index in [9.17, 15) is 9.90 Å². The zero-order valence-electron chi connectivity index (χ0n) is 11.7. The van der Waals surface area contributed by atoms with Gasteiger partial charge < -0.3 is 15.3 Å². The molecular weight excluding hydrogens is 252 g/mol. The molecule has 1 saturated carbocycles. The fraction of sp³-hybridized carbons (Fsp3) is 0.562. The van der Waals surface area contributed by atoms with Crippen molar-refractivity contribution in [2.24, 2.45) is 0 Å². The molecule has 1 aromatic rings. The molecule has 4 heteroatoms. The van der Waals surface area contributed by atoms with E-state index in [1.807, 2.05) is 12.1 Å². The van der Waals surface area contributed by atoms with Gasteiger partial charge in [-0.15, -0.1) is 0 Å². The predicted molar refractivity (Wildman–Crippen MR) is 77.6 cm³/mol. The average Bonchev–Trinajstić information content (AvgIpc) is 3.15. The van der Waals surface area contributed by atoms with Gasteiger partial charge in [-0.3, -0.25) is 4.79 Å². The zero-order chi connectivity index (χ0) is 13.9. The molecule has 1 amide bonds. The third kappa shape index (κ3) is 3.31. The second kappa shape index (κ2) is 5.83. The van der Waals surface area contributed by atoms with E-state index in [2.05, 4.69) is 10.2 Å². The molecule has 20 heavy (non-hydrogen) atoms. The number of phenols is 1. The highest BCUT2D eigenvalue weighted by Gasteiger charge is 2.34. The van der Waals surface area contributed by atoms with E-state index in [0.717, 1.165) is 31.5 Å². The van der Waals surface area contributed by atoms with Gasteiger partial charge >= 0.3 is 0 Å². The number of hydrogen-bond donors (Lipinski definition) is 2. The number of nitrogens with zero attached hydrogens (tertiary/aromatic N) is 1. The Hall–Kier alpha value is -1.55. The van der Waals surface area contributed by atoms with Crippen molar-refractivity contribution in [2.75, 3.05) is 13.1 Å². The maximum Gasteiger partial charge on any atom is 0.227 e. The summed E-state index contributed by atoms with van der Waals surface area (Å²) in [7, 11) is 0. The Morgan fingerprint density at radius 1 is 1.25 bits per heavy atom. The Bertz CT molecular complexity index is 462. The van der Waals surface area contributed by atoms with Crippen LogP contribution in [0.1, 0.15) is 31.2 Å². The molecule has 2 fully saturated rings. The molecule has 1 heterocycles. The Labute approximate surface area is 119 Å². The number of carbonyl (C=O) groups excluding carboxylic acids is 1. The van der Waals surface area contributed by atoms with Crippen molar-refractivity contribution in [3.05, 3.63) is 29.8 Å². The van der Waals surface area contributed by atoms with Crippen LogP contribution in [0.4, 0.5) is 0 Å². The van der Waals surface area contributed by atoms with Gasteiger partial charge in [0.25, 0.3) is 0 Å². The van der Waals surface area contributed by atoms with Gasteiger partial charge in [0.05, 0.1) is 6.42 Å². The molecule has 1 aliphatic carbocycles. The van der Waals surface area contributed by atoms with Crippen molar-refractivity contribution >= 4 is 5.91 Å². The van der Waals surface area contributed by atoms with Crippen molar-refractivity contribution < 1.29 is 9.90 Å². The Morgan fingerprint density at radius 2 is 2.00 bits per heavy atom. The summed E-state index contributed by atoms with van der Waals surface area (Å²) in [6.07, 6.45) is 5.12. The van der Waals surface area contributed by atoms with Crippen LogP contribution in [-0.2, 0) is 11.2 Å². The molecule has 1 aliphatic heterocycles. The number of benzene rings is 1. The number of carbonyl (C=O) groups is 1. The van der Waals surface area contributed by atoms with Gasteiger partial charge in [-0.2, -0.15) is 0 Å². The molecule has 0 aromatic heterocycles. The van der Waals surface area contributed by atoms with Gasteiger partial charge in [-0.05, 0) is 49.9 Å². The first-order valence-electron chi connectivity index (χ1n) is 7.53. The predicted octanol–water partition coefficient (Wildman–Crippen LogP) is 1.68. The van der Waals surface area contributed by atoms with E-state index < -0.39 is 0 Å². The molecule has 0 spiro atoms. The number of hydrogen-bond acceptors (Lipinski definition) is 3. The first-order valence-corrected chi connectivity index (χ1v) is 7.53. The maximum atomic E-state index is 12.5. The number of amides is 1. The monoisotopic (exact) mass is 274 g/mol. The van der Waals surface area contributed by atoms with Gasteiger partial charge in [0.2, 0.25) is 5.91 Å². The summed E-state index contributed by atoms with van der Waals surface area (Å²) < 4.78 is 0. The molecule has 0 bridgehead atoms. The van der Waals surface area contributed by atoms with Gasteiger partial charge in [-0.1, -0.05) is 12.1 Å². The van der Waals surface area contributed by atoms with Crippen LogP contribution in [0.15, 0.2) is 24.3 Å². The molecule has 1 unspecified atom stereocenters. The minimum atomic E-state index is 0.215. The molecule has 1 aromatic carbocycles. The quantitative estimate of drug-likeness (QED) is 0.859. The van der Waals surface area contributed by atoms with Crippen LogP contribution >= 0.6 is 0 Å². The largest absolute Gasteiger partial charge is 0.508 e. The lowest BCUT2D eigenvalue weighted by Crippen LogP contribution is -2.43. The maximum absolute atomic E-state index is 12.5. The van der Waals surface area contributed by atoms with E-state index in [-0.39, 0.29) is 11.7 Å². The summed E-state index contributed by atoms with van der Waals surface area (Å²) in [5.41, 5.74) is 0.970. The molecule has 4 nitrogen and oxygen atoms in total. The normalized spacial score (nSPS) is 21.9. The van der Waals surface area contributed by atoms with Gasteiger partial charge in [0.1, 0.15) is 5.75 Å². The first kappa shape index (κ1) is 13.4. The van der Waals surface area contributed by atoms with Gasteiger partial charge in [-0.25, -0.2) is 0 Å². The molecule has 0 radical (unpaired) electrons. The van der Waals surface area contributed by atoms with Crippen molar-refractivity contribution in [1.29, 1.82) is 0 Å². The Balaban J connectivity index is 1.61.